The Hall–Kier alpha value is -3.61. The van der Waals surface area contributed by atoms with E-state index in [1.807, 2.05) is 42.5 Å². The number of amides is 1. The number of benzene rings is 2. The van der Waals surface area contributed by atoms with Crippen molar-refractivity contribution >= 4 is 16.8 Å². The third-order valence-corrected chi connectivity index (χ3v) is 6.21. The summed E-state index contributed by atoms with van der Waals surface area (Å²) in [6.45, 7) is 0.441. The Bertz CT molecular complexity index is 1300. The van der Waals surface area contributed by atoms with Crippen LogP contribution in [-0.2, 0) is 23.8 Å². The predicted molar refractivity (Wildman–Crippen MR) is 120 cm³/mol. The molecule has 0 spiro atoms. The molecule has 0 radical (unpaired) electrons. The van der Waals surface area contributed by atoms with Gasteiger partial charge in [0, 0.05) is 41.5 Å². The first kappa shape index (κ1) is 21.2. The van der Waals surface area contributed by atoms with Gasteiger partial charge in [0.2, 0.25) is 5.91 Å². The minimum Gasteiger partial charge on any atom is -0.356 e. The van der Waals surface area contributed by atoms with E-state index in [-0.39, 0.29) is 12.3 Å². The third kappa shape index (κ3) is 4.11. The van der Waals surface area contributed by atoms with Crippen LogP contribution in [0, 0.1) is 0 Å². The molecule has 33 heavy (non-hydrogen) atoms. The molecule has 0 bridgehead atoms. The molecule has 2 aromatic carbocycles. The van der Waals surface area contributed by atoms with Crippen LogP contribution in [0.4, 0.5) is 13.2 Å². The number of aromatic nitrogens is 2. The SMILES string of the molecule is O=C(CCc1ccccn1)N1CCc2c([nH]c3ccccc23)C1c1cccc(C(F)(F)F)c1. The molecule has 0 fully saturated rings. The summed E-state index contributed by atoms with van der Waals surface area (Å²) in [6.07, 6.45) is -1.41. The molecule has 4 aromatic rings. The highest BCUT2D eigenvalue weighted by atomic mass is 19.4. The maximum Gasteiger partial charge on any atom is 0.416 e. The Labute approximate surface area is 189 Å². The average molecular weight is 449 g/mol. The van der Waals surface area contributed by atoms with Crippen molar-refractivity contribution in [3.8, 4) is 0 Å². The first-order valence-electron chi connectivity index (χ1n) is 10.9. The van der Waals surface area contributed by atoms with Gasteiger partial charge in [0.05, 0.1) is 11.6 Å². The number of aromatic amines is 1. The quantitative estimate of drug-likeness (QED) is 0.435. The predicted octanol–water partition coefficient (Wildman–Crippen LogP) is 5.69. The van der Waals surface area contributed by atoms with Crippen molar-refractivity contribution in [1.29, 1.82) is 0 Å². The minimum atomic E-state index is -4.46. The van der Waals surface area contributed by atoms with Crippen LogP contribution in [0.25, 0.3) is 10.9 Å². The van der Waals surface area contributed by atoms with E-state index >= 15 is 0 Å². The van der Waals surface area contributed by atoms with E-state index < -0.39 is 17.8 Å². The van der Waals surface area contributed by atoms with Crippen LogP contribution in [0.3, 0.4) is 0 Å². The summed E-state index contributed by atoms with van der Waals surface area (Å²) in [7, 11) is 0. The van der Waals surface area contributed by atoms with Crippen molar-refractivity contribution in [1.82, 2.24) is 14.9 Å². The zero-order valence-corrected chi connectivity index (χ0v) is 17.8. The molecule has 3 heterocycles. The van der Waals surface area contributed by atoms with Crippen LogP contribution in [0.1, 0.15) is 40.5 Å². The van der Waals surface area contributed by atoms with Crippen molar-refractivity contribution in [3.63, 3.8) is 0 Å². The van der Waals surface area contributed by atoms with Gasteiger partial charge in [0.25, 0.3) is 0 Å². The Morgan fingerprint density at radius 2 is 1.88 bits per heavy atom. The molecule has 168 valence electrons. The van der Waals surface area contributed by atoms with Crippen LogP contribution in [0.2, 0.25) is 0 Å². The average Bonchev–Trinajstić information content (AvgIpc) is 3.21. The first-order chi connectivity index (χ1) is 15.9. The van der Waals surface area contributed by atoms with E-state index in [0.29, 0.717) is 24.9 Å². The number of para-hydroxylation sites is 1. The van der Waals surface area contributed by atoms with E-state index in [1.54, 1.807) is 17.2 Å². The van der Waals surface area contributed by atoms with Gasteiger partial charge in [-0.2, -0.15) is 13.2 Å². The normalized spacial score (nSPS) is 16.1. The molecule has 4 nitrogen and oxygen atoms in total. The van der Waals surface area contributed by atoms with Crippen LogP contribution in [-0.4, -0.2) is 27.3 Å². The van der Waals surface area contributed by atoms with Crippen LogP contribution in [0.5, 0.6) is 0 Å². The molecule has 1 aliphatic rings. The fourth-order valence-corrected chi connectivity index (χ4v) is 4.67. The van der Waals surface area contributed by atoms with Gasteiger partial charge in [-0.25, -0.2) is 0 Å². The fraction of sp³-hybridized carbons (Fsp3) is 0.231. The highest BCUT2D eigenvalue weighted by Crippen LogP contribution is 2.40. The number of fused-ring (bicyclic) bond motifs is 3. The van der Waals surface area contributed by atoms with Gasteiger partial charge in [0.15, 0.2) is 0 Å². The second-order valence-electron chi connectivity index (χ2n) is 8.25. The van der Waals surface area contributed by atoms with Gasteiger partial charge < -0.3 is 9.88 Å². The topological polar surface area (TPSA) is 49.0 Å². The zero-order valence-electron chi connectivity index (χ0n) is 17.8. The van der Waals surface area contributed by atoms with Crippen LogP contribution in [0.15, 0.2) is 72.9 Å². The van der Waals surface area contributed by atoms with Gasteiger partial charge in [-0.15, -0.1) is 0 Å². The monoisotopic (exact) mass is 449 g/mol. The third-order valence-electron chi connectivity index (χ3n) is 6.21. The molecule has 0 saturated carbocycles. The van der Waals surface area contributed by atoms with Crippen molar-refractivity contribution in [2.24, 2.45) is 0 Å². The van der Waals surface area contributed by atoms with E-state index in [1.165, 1.54) is 6.07 Å². The lowest BCUT2D eigenvalue weighted by molar-refractivity contribution is -0.137. The molecular formula is C26H22F3N3O. The molecule has 7 heteroatoms. The lowest BCUT2D eigenvalue weighted by atomic mass is 9.91. The molecule has 1 amide bonds. The van der Waals surface area contributed by atoms with Crippen LogP contribution < -0.4 is 0 Å². The van der Waals surface area contributed by atoms with Crippen molar-refractivity contribution < 1.29 is 18.0 Å². The number of rotatable bonds is 4. The van der Waals surface area contributed by atoms with Gasteiger partial charge in [-0.1, -0.05) is 36.4 Å². The van der Waals surface area contributed by atoms with Gasteiger partial charge in [-0.3, -0.25) is 9.78 Å². The minimum absolute atomic E-state index is 0.104. The number of nitrogens with zero attached hydrogens (tertiary/aromatic N) is 2. The number of alkyl halides is 3. The summed E-state index contributed by atoms with van der Waals surface area (Å²) in [5.41, 5.74) is 3.30. The van der Waals surface area contributed by atoms with Crippen molar-refractivity contribution in [2.75, 3.05) is 6.54 Å². The molecule has 2 aromatic heterocycles. The molecule has 1 N–H and O–H groups in total. The number of nitrogens with one attached hydrogen (secondary N) is 1. The number of halogens is 3. The van der Waals surface area contributed by atoms with Gasteiger partial charge in [-0.05, 0) is 54.3 Å². The van der Waals surface area contributed by atoms with Gasteiger partial charge in [0.1, 0.15) is 0 Å². The number of pyridine rings is 1. The standard InChI is InChI=1S/C26H22F3N3O/c27-26(28,29)18-7-5-6-17(16-18)25-24-21(20-9-1-2-10-22(20)31-24)13-15-32(25)23(33)12-11-19-8-3-4-14-30-19/h1-10,14,16,25,31H,11-13,15H2. The number of carbonyl (C=O) groups is 1. The highest BCUT2D eigenvalue weighted by Gasteiger charge is 2.36. The number of hydrogen-bond acceptors (Lipinski definition) is 2. The van der Waals surface area contributed by atoms with E-state index in [0.717, 1.165) is 40.0 Å². The lowest BCUT2D eigenvalue weighted by Crippen LogP contribution is -2.40. The van der Waals surface area contributed by atoms with E-state index in [4.69, 9.17) is 0 Å². The Balaban J connectivity index is 1.55. The molecule has 1 atom stereocenters. The summed E-state index contributed by atoms with van der Waals surface area (Å²) in [4.78, 5) is 22.7. The number of carbonyl (C=O) groups excluding carboxylic acids is 1. The fourth-order valence-electron chi connectivity index (χ4n) is 4.67. The van der Waals surface area contributed by atoms with Crippen molar-refractivity contribution in [2.45, 2.75) is 31.5 Å². The largest absolute Gasteiger partial charge is 0.416 e. The summed E-state index contributed by atoms with van der Waals surface area (Å²) in [6, 6.07) is 18.0. The number of hydrogen-bond donors (Lipinski definition) is 1. The van der Waals surface area contributed by atoms with E-state index in [9.17, 15) is 18.0 Å². The maximum absolute atomic E-state index is 13.5. The molecule has 5 rings (SSSR count). The molecule has 0 saturated heterocycles. The molecule has 1 aliphatic heterocycles. The Morgan fingerprint density at radius 3 is 2.67 bits per heavy atom. The second kappa shape index (κ2) is 8.39. The Morgan fingerprint density at radius 1 is 1.06 bits per heavy atom. The summed E-state index contributed by atoms with van der Waals surface area (Å²) in [5.74, 6) is -0.104. The lowest BCUT2D eigenvalue weighted by Gasteiger charge is -2.36. The summed E-state index contributed by atoms with van der Waals surface area (Å²) in [5, 5.41) is 1.05. The Kier molecular flexibility index (Phi) is 5.40. The maximum atomic E-state index is 13.5. The molecule has 0 aliphatic carbocycles. The van der Waals surface area contributed by atoms with Crippen molar-refractivity contribution in [3.05, 3.63) is 101 Å². The van der Waals surface area contributed by atoms with Gasteiger partial charge >= 0.3 is 6.18 Å². The second-order valence-corrected chi connectivity index (χ2v) is 8.25. The zero-order chi connectivity index (χ0) is 23.0. The molecular weight excluding hydrogens is 427 g/mol. The molecule has 1 unspecified atom stereocenters. The smallest absolute Gasteiger partial charge is 0.356 e. The highest BCUT2D eigenvalue weighted by molar-refractivity contribution is 5.86. The number of H-pyrrole nitrogens is 1. The van der Waals surface area contributed by atoms with E-state index in [2.05, 4.69) is 9.97 Å². The first-order valence-corrected chi connectivity index (χ1v) is 10.9. The van der Waals surface area contributed by atoms with Crippen LogP contribution >= 0.6 is 0 Å². The summed E-state index contributed by atoms with van der Waals surface area (Å²) >= 11 is 0. The summed E-state index contributed by atoms with van der Waals surface area (Å²) < 4.78 is 40.4. The number of aryl methyl sites for hydroxylation is 1.